The Morgan fingerprint density at radius 3 is 2.55 bits per heavy atom. The molecule has 0 radical (unpaired) electrons. The summed E-state index contributed by atoms with van der Waals surface area (Å²) in [7, 11) is 0. The molecule has 1 N–H and O–H groups in total. The summed E-state index contributed by atoms with van der Waals surface area (Å²) in [6.45, 7) is 4.34. The van der Waals surface area contributed by atoms with Crippen molar-refractivity contribution >= 4 is 11.8 Å². The standard InChI is InChI=1S/C15H25N3O2/c19-14-10-12(11-16-14)15(20)18-7-3-6-17(8-9-18)13-4-1-2-5-13/h12-13H,1-11H2,(H,16,19). The number of nitrogens with zero attached hydrogens (tertiary/aromatic N) is 2. The summed E-state index contributed by atoms with van der Waals surface area (Å²) in [5, 5.41) is 2.76. The zero-order valence-corrected chi connectivity index (χ0v) is 12.1. The second-order valence-corrected chi connectivity index (χ2v) is 6.36. The fraction of sp³-hybridized carbons (Fsp3) is 0.867. The van der Waals surface area contributed by atoms with Gasteiger partial charge in [0.05, 0.1) is 5.92 Å². The van der Waals surface area contributed by atoms with Crippen LogP contribution in [-0.4, -0.2) is 60.4 Å². The molecule has 2 saturated heterocycles. The minimum absolute atomic E-state index is 0.0192. The van der Waals surface area contributed by atoms with Crippen molar-refractivity contribution in [3.63, 3.8) is 0 Å². The van der Waals surface area contributed by atoms with Crippen molar-refractivity contribution in [1.82, 2.24) is 15.1 Å². The molecule has 5 heteroatoms. The highest BCUT2D eigenvalue weighted by Gasteiger charge is 2.33. The van der Waals surface area contributed by atoms with E-state index in [1.807, 2.05) is 4.90 Å². The first-order valence-corrected chi connectivity index (χ1v) is 8.03. The molecule has 1 saturated carbocycles. The minimum Gasteiger partial charge on any atom is -0.355 e. The number of rotatable bonds is 2. The van der Waals surface area contributed by atoms with E-state index in [1.54, 1.807) is 0 Å². The van der Waals surface area contributed by atoms with Crippen LogP contribution in [0, 0.1) is 5.92 Å². The lowest BCUT2D eigenvalue weighted by Gasteiger charge is -2.27. The third kappa shape index (κ3) is 2.97. The van der Waals surface area contributed by atoms with Gasteiger partial charge in [-0.05, 0) is 19.3 Å². The Balaban J connectivity index is 1.54. The monoisotopic (exact) mass is 279 g/mol. The molecule has 0 bridgehead atoms. The topological polar surface area (TPSA) is 52.7 Å². The zero-order valence-electron chi connectivity index (χ0n) is 12.1. The molecular formula is C15H25N3O2. The molecule has 0 aromatic rings. The van der Waals surface area contributed by atoms with Crippen LogP contribution in [0.1, 0.15) is 38.5 Å². The first-order valence-electron chi connectivity index (χ1n) is 8.03. The third-order valence-corrected chi connectivity index (χ3v) is 5.01. The molecule has 2 heterocycles. The van der Waals surface area contributed by atoms with E-state index in [1.165, 1.54) is 25.7 Å². The largest absolute Gasteiger partial charge is 0.355 e. The van der Waals surface area contributed by atoms with Crippen LogP contribution in [0.15, 0.2) is 0 Å². The maximum absolute atomic E-state index is 12.4. The van der Waals surface area contributed by atoms with Gasteiger partial charge in [0, 0.05) is 45.2 Å². The van der Waals surface area contributed by atoms with E-state index in [0.29, 0.717) is 13.0 Å². The molecule has 5 nitrogen and oxygen atoms in total. The summed E-state index contributed by atoms with van der Waals surface area (Å²) in [6.07, 6.45) is 6.82. The molecule has 2 aliphatic heterocycles. The molecule has 112 valence electrons. The number of carbonyl (C=O) groups excluding carboxylic acids is 2. The first-order chi connectivity index (χ1) is 9.74. The van der Waals surface area contributed by atoms with E-state index >= 15 is 0 Å². The van der Waals surface area contributed by atoms with Crippen molar-refractivity contribution in [1.29, 1.82) is 0 Å². The van der Waals surface area contributed by atoms with Crippen LogP contribution in [-0.2, 0) is 9.59 Å². The summed E-state index contributed by atoms with van der Waals surface area (Å²) >= 11 is 0. The van der Waals surface area contributed by atoms with E-state index < -0.39 is 0 Å². The molecule has 1 atom stereocenters. The van der Waals surface area contributed by atoms with E-state index in [4.69, 9.17) is 0 Å². The van der Waals surface area contributed by atoms with Gasteiger partial charge >= 0.3 is 0 Å². The Labute approximate surface area is 120 Å². The predicted molar refractivity (Wildman–Crippen MR) is 76.1 cm³/mol. The maximum Gasteiger partial charge on any atom is 0.228 e. The Morgan fingerprint density at radius 2 is 1.85 bits per heavy atom. The summed E-state index contributed by atoms with van der Waals surface area (Å²) in [6, 6.07) is 0.750. The number of carbonyl (C=O) groups is 2. The quantitative estimate of drug-likeness (QED) is 0.805. The molecule has 3 fully saturated rings. The second kappa shape index (κ2) is 6.12. The number of hydrogen-bond donors (Lipinski definition) is 1. The van der Waals surface area contributed by atoms with Gasteiger partial charge in [-0.1, -0.05) is 12.8 Å². The Morgan fingerprint density at radius 1 is 1.05 bits per heavy atom. The van der Waals surface area contributed by atoms with E-state index in [0.717, 1.165) is 38.6 Å². The zero-order chi connectivity index (χ0) is 13.9. The molecule has 20 heavy (non-hydrogen) atoms. The van der Waals surface area contributed by atoms with Crippen LogP contribution in [0.3, 0.4) is 0 Å². The number of hydrogen-bond acceptors (Lipinski definition) is 3. The predicted octanol–water partition coefficient (Wildman–Crippen LogP) is 0.599. The van der Waals surface area contributed by atoms with Gasteiger partial charge in [0.25, 0.3) is 0 Å². The Bertz CT molecular complexity index is 379. The highest BCUT2D eigenvalue weighted by Crippen LogP contribution is 2.24. The van der Waals surface area contributed by atoms with Crippen LogP contribution in [0.4, 0.5) is 0 Å². The van der Waals surface area contributed by atoms with Crippen molar-refractivity contribution < 1.29 is 9.59 Å². The molecule has 1 aliphatic carbocycles. The van der Waals surface area contributed by atoms with Crippen LogP contribution in [0.2, 0.25) is 0 Å². The van der Waals surface area contributed by atoms with Gasteiger partial charge < -0.3 is 10.2 Å². The lowest BCUT2D eigenvalue weighted by molar-refractivity contribution is -0.135. The van der Waals surface area contributed by atoms with Gasteiger partial charge in [-0.25, -0.2) is 0 Å². The molecule has 3 aliphatic rings. The lowest BCUT2D eigenvalue weighted by atomic mass is 10.1. The molecule has 0 aromatic carbocycles. The molecule has 1 unspecified atom stereocenters. The Hall–Kier alpha value is -1.10. The van der Waals surface area contributed by atoms with Gasteiger partial charge in [-0.2, -0.15) is 0 Å². The summed E-state index contributed by atoms with van der Waals surface area (Å²) < 4.78 is 0. The van der Waals surface area contributed by atoms with Crippen molar-refractivity contribution in [2.45, 2.75) is 44.6 Å². The van der Waals surface area contributed by atoms with Crippen LogP contribution in [0.25, 0.3) is 0 Å². The van der Waals surface area contributed by atoms with Gasteiger partial charge in [-0.3, -0.25) is 14.5 Å². The lowest BCUT2D eigenvalue weighted by Crippen LogP contribution is -2.41. The SMILES string of the molecule is O=C1CC(C(=O)N2CCCN(C3CCCC3)CC2)CN1. The van der Waals surface area contributed by atoms with E-state index in [9.17, 15) is 9.59 Å². The van der Waals surface area contributed by atoms with Crippen molar-refractivity contribution in [3.05, 3.63) is 0 Å². The normalized spacial score (nSPS) is 29.5. The van der Waals surface area contributed by atoms with Crippen LogP contribution >= 0.6 is 0 Å². The highest BCUT2D eigenvalue weighted by molar-refractivity contribution is 5.89. The number of nitrogens with one attached hydrogen (secondary N) is 1. The second-order valence-electron chi connectivity index (χ2n) is 6.36. The Kier molecular flexibility index (Phi) is 4.24. The van der Waals surface area contributed by atoms with Gasteiger partial charge in [0.2, 0.25) is 11.8 Å². The fourth-order valence-electron chi connectivity index (χ4n) is 3.83. The van der Waals surface area contributed by atoms with Gasteiger partial charge in [-0.15, -0.1) is 0 Å². The third-order valence-electron chi connectivity index (χ3n) is 5.01. The van der Waals surface area contributed by atoms with Crippen LogP contribution < -0.4 is 5.32 Å². The smallest absolute Gasteiger partial charge is 0.228 e. The molecule has 0 aromatic heterocycles. The van der Waals surface area contributed by atoms with Crippen molar-refractivity contribution in [2.75, 3.05) is 32.7 Å². The summed E-state index contributed by atoms with van der Waals surface area (Å²) in [5.74, 6) is 0.0721. The molecular weight excluding hydrogens is 254 g/mol. The molecule has 0 spiro atoms. The van der Waals surface area contributed by atoms with E-state index in [2.05, 4.69) is 10.2 Å². The summed E-state index contributed by atoms with van der Waals surface area (Å²) in [4.78, 5) is 28.3. The van der Waals surface area contributed by atoms with Gasteiger partial charge in [0.1, 0.15) is 0 Å². The highest BCUT2D eigenvalue weighted by atomic mass is 16.2. The minimum atomic E-state index is -0.125. The molecule has 3 rings (SSSR count). The van der Waals surface area contributed by atoms with Crippen molar-refractivity contribution in [2.24, 2.45) is 5.92 Å². The maximum atomic E-state index is 12.4. The first kappa shape index (κ1) is 13.9. The summed E-state index contributed by atoms with van der Waals surface area (Å²) in [5.41, 5.74) is 0. The van der Waals surface area contributed by atoms with Crippen molar-refractivity contribution in [3.8, 4) is 0 Å². The number of amides is 2. The van der Waals surface area contributed by atoms with Crippen LogP contribution in [0.5, 0.6) is 0 Å². The fourth-order valence-corrected chi connectivity index (χ4v) is 3.83. The average molecular weight is 279 g/mol. The molecule has 2 amide bonds. The van der Waals surface area contributed by atoms with E-state index in [-0.39, 0.29) is 17.7 Å². The van der Waals surface area contributed by atoms with Gasteiger partial charge in [0.15, 0.2) is 0 Å². The average Bonchev–Trinajstić information content (AvgIpc) is 3.05.